The van der Waals surface area contributed by atoms with Crippen LogP contribution in [0.25, 0.3) is 0 Å². The van der Waals surface area contributed by atoms with Crippen LogP contribution in [0.3, 0.4) is 0 Å². The van der Waals surface area contributed by atoms with E-state index in [4.69, 9.17) is 0 Å². The highest BCUT2D eigenvalue weighted by molar-refractivity contribution is 7.13. The molecule has 7 N–H and O–H groups in total. The van der Waals surface area contributed by atoms with Gasteiger partial charge in [0.15, 0.2) is 0 Å². The second kappa shape index (κ2) is 28.3. The molecule has 0 radical (unpaired) electrons. The Kier molecular flexibility index (Phi) is 50.9. The molecule has 0 aliphatic heterocycles. The van der Waals surface area contributed by atoms with Gasteiger partial charge in [-0.3, -0.25) is 17.5 Å². The zero-order valence-electron chi connectivity index (χ0n) is 2.81. The molecule has 0 amide bonds. The fraction of sp³-hybridized carbons (Fsp3) is 0. The standard InChI is InChI=1S/H5N2P.H4N2/c1-2-3;1-2/h2H,1,3H2;1-2H2. The van der Waals surface area contributed by atoms with E-state index in [1.54, 1.807) is 0 Å². The molecule has 5 heavy (non-hydrogen) atoms. The predicted molar refractivity (Wildman–Crippen MR) is 25.4 cm³/mol. The maximum Gasteiger partial charge on any atom is -0.0525 e. The fourth-order valence-corrected chi connectivity index (χ4v) is 0. The summed E-state index contributed by atoms with van der Waals surface area (Å²) in [6.45, 7) is 0. The molecule has 0 rings (SSSR count). The van der Waals surface area contributed by atoms with E-state index in [9.17, 15) is 0 Å². The number of hydrogen-bond donors (Lipinski definition) is 4. The second-order valence-electron chi connectivity index (χ2n) is 0.167. The van der Waals surface area contributed by atoms with E-state index >= 15 is 0 Å². The first-order chi connectivity index (χ1) is 2.41. The Bertz CT molecular complexity index is 3.61. The van der Waals surface area contributed by atoms with E-state index in [1.807, 2.05) is 0 Å². The van der Waals surface area contributed by atoms with Gasteiger partial charge in [-0.05, 0) is 0 Å². The molecule has 5 heteroatoms. The van der Waals surface area contributed by atoms with Gasteiger partial charge in [0.25, 0.3) is 0 Å². The minimum atomic E-state index is 2.11. The van der Waals surface area contributed by atoms with Gasteiger partial charge in [-0.15, -0.1) is 0 Å². The van der Waals surface area contributed by atoms with Crippen molar-refractivity contribution < 1.29 is 0 Å². The molecule has 0 aromatic carbocycles. The van der Waals surface area contributed by atoms with Gasteiger partial charge in [0.2, 0.25) is 0 Å². The lowest BCUT2D eigenvalue weighted by molar-refractivity contribution is 1.12. The molecular formula is H9N4P. The maximum absolute atomic E-state index is 4.56. The van der Waals surface area contributed by atoms with E-state index in [-0.39, 0.29) is 0 Å². The van der Waals surface area contributed by atoms with Crippen LogP contribution in [-0.2, 0) is 0 Å². The van der Waals surface area contributed by atoms with Gasteiger partial charge in [0.1, 0.15) is 0 Å². The van der Waals surface area contributed by atoms with Crippen LogP contribution in [0.4, 0.5) is 0 Å². The Morgan fingerprint density at radius 2 is 1.40 bits per heavy atom. The highest BCUT2D eigenvalue weighted by Gasteiger charge is 1.22. The lowest BCUT2D eigenvalue weighted by Crippen LogP contribution is -2.04. The molecule has 0 aliphatic carbocycles. The molecule has 0 fully saturated rings. The number of hydrazine groups is 2. The summed E-state index contributed by atoms with van der Waals surface area (Å²) < 4.78 is 0. The zero-order valence-corrected chi connectivity index (χ0v) is 3.96. The molecule has 0 aliphatic rings. The third-order valence-corrected chi connectivity index (χ3v) is 0. The summed E-state index contributed by atoms with van der Waals surface area (Å²) in [5.74, 6) is 12.6. The Balaban J connectivity index is 0. The summed E-state index contributed by atoms with van der Waals surface area (Å²) >= 11 is 0. The minimum Gasteiger partial charge on any atom is -0.274 e. The lowest BCUT2D eigenvalue weighted by atomic mass is 13.0. The predicted octanol–water partition coefficient (Wildman–Crippen LogP) is -1.94. The fourth-order valence-electron chi connectivity index (χ4n) is 0. The molecule has 0 spiro atoms. The van der Waals surface area contributed by atoms with Crippen LogP contribution in [0.15, 0.2) is 0 Å². The van der Waals surface area contributed by atoms with Crippen LogP contribution < -0.4 is 22.7 Å². The molecule has 1 unspecified atom stereocenters. The summed E-state index contributed by atoms with van der Waals surface area (Å²) in [7, 11) is 2.11. The van der Waals surface area contributed by atoms with Crippen molar-refractivity contribution >= 4 is 9.39 Å². The maximum atomic E-state index is 4.56. The molecule has 1 atom stereocenters. The highest BCUT2D eigenvalue weighted by atomic mass is 31.0. The smallest absolute Gasteiger partial charge is 0.0525 e. The van der Waals surface area contributed by atoms with Crippen LogP contribution >= 0.6 is 9.39 Å². The Labute approximate surface area is 33.3 Å². The van der Waals surface area contributed by atoms with Gasteiger partial charge in [0, 0.05) is 0 Å². The van der Waals surface area contributed by atoms with Crippen LogP contribution in [-0.4, -0.2) is 0 Å². The van der Waals surface area contributed by atoms with E-state index in [1.165, 1.54) is 0 Å². The average molecular weight is 96.1 g/mol. The number of hydrogen-bond acceptors (Lipinski definition) is 4. The molecule has 0 saturated carbocycles. The average Bonchev–Trinajstić information content (AvgIpc) is 1.46. The minimum absolute atomic E-state index is 2.11. The van der Waals surface area contributed by atoms with Crippen molar-refractivity contribution in [2.24, 2.45) is 17.5 Å². The lowest BCUT2D eigenvalue weighted by Gasteiger charge is -1.62. The van der Waals surface area contributed by atoms with Crippen molar-refractivity contribution in [1.29, 1.82) is 0 Å². The SMILES string of the molecule is NN.NNP. The molecule has 0 bridgehead atoms. The van der Waals surface area contributed by atoms with Crippen LogP contribution in [0, 0.1) is 0 Å². The van der Waals surface area contributed by atoms with Crippen LogP contribution in [0.1, 0.15) is 0 Å². The van der Waals surface area contributed by atoms with E-state index in [0.29, 0.717) is 0 Å². The Hall–Kier alpha value is 0.270. The Morgan fingerprint density at radius 1 is 1.40 bits per heavy atom. The summed E-state index contributed by atoms with van der Waals surface area (Å²) in [5, 5.41) is 2.17. The van der Waals surface area contributed by atoms with Gasteiger partial charge in [-0.1, -0.05) is 9.39 Å². The zero-order chi connectivity index (χ0) is 4.71. The van der Waals surface area contributed by atoms with Gasteiger partial charge in [-0.2, -0.15) is 0 Å². The molecule has 0 aromatic rings. The molecule has 0 heterocycles. The molecule has 0 saturated heterocycles. The number of nitrogens with two attached hydrogens (primary N) is 3. The summed E-state index contributed by atoms with van der Waals surface area (Å²) in [6, 6.07) is 0. The van der Waals surface area contributed by atoms with Crippen LogP contribution in [0.5, 0.6) is 0 Å². The van der Waals surface area contributed by atoms with Gasteiger partial charge < -0.3 is 0 Å². The normalized spacial score (nSPS) is 4.80. The van der Waals surface area contributed by atoms with Crippen molar-refractivity contribution in [3.05, 3.63) is 0 Å². The number of rotatable bonds is 0. The second-order valence-corrected chi connectivity index (χ2v) is 0.500. The van der Waals surface area contributed by atoms with Crippen molar-refractivity contribution in [3.8, 4) is 0 Å². The van der Waals surface area contributed by atoms with Crippen molar-refractivity contribution in [1.82, 2.24) is 5.20 Å². The van der Waals surface area contributed by atoms with Gasteiger partial charge >= 0.3 is 0 Å². The first kappa shape index (κ1) is 8.99. The number of nitrogens with one attached hydrogen (secondary N) is 1. The first-order valence-corrected chi connectivity index (χ1v) is 1.49. The third-order valence-electron chi connectivity index (χ3n) is 0. The molecular weight excluding hydrogens is 87.0 g/mol. The third kappa shape index (κ3) is 302. The van der Waals surface area contributed by atoms with Gasteiger partial charge in [-0.25, -0.2) is 5.20 Å². The summed E-state index contributed by atoms with van der Waals surface area (Å²) in [5.41, 5.74) is 0. The Morgan fingerprint density at radius 3 is 1.40 bits per heavy atom. The van der Waals surface area contributed by atoms with Crippen molar-refractivity contribution in [2.75, 3.05) is 0 Å². The first-order valence-electron chi connectivity index (χ1n) is 0.911. The highest BCUT2D eigenvalue weighted by Crippen LogP contribution is 1.44. The summed E-state index contributed by atoms with van der Waals surface area (Å²) in [6.07, 6.45) is 0. The molecule has 4 nitrogen and oxygen atoms in total. The summed E-state index contributed by atoms with van der Waals surface area (Å²) in [4.78, 5) is 0. The molecule has 34 valence electrons. The largest absolute Gasteiger partial charge is 0.274 e. The van der Waals surface area contributed by atoms with Crippen molar-refractivity contribution in [2.45, 2.75) is 0 Å². The van der Waals surface area contributed by atoms with E-state index < -0.39 is 0 Å². The van der Waals surface area contributed by atoms with Crippen molar-refractivity contribution in [3.63, 3.8) is 0 Å². The van der Waals surface area contributed by atoms with Crippen LogP contribution in [0.2, 0.25) is 0 Å². The molecule has 0 aromatic heterocycles. The van der Waals surface area contributed by atoms with E-state index in [0.717, 1.165) is 0 Å². The van der Waals surface area contributed by atoms with Gasteiger partial charge in [0.05, 0.1) is 0 Å². The monoisotopic (exact) mass is 96.1 g/mol. The van der Waals surface area contributed by atoms with E-state index in [2.05, 4.69) is 32.1 Å². The quantitative estimate of drug-likeness (QED) is 0.160. The topological polar surface area (TPSA) is 90.1 Å².